The molecule has 2 nitrogen and oxygen atoms in total. The lowest BCUT2D eigenvalue weighted by Gasteiger charge is -2.33. The third-order valence-electron chi connectivity index (χ3n) is 4.02. The van der Waals surface area contributed by atoms with Crippen molar-refractivity contribution in [3.8, 4) is 0 Å². The quantitative estimate of drug-likeness (QED) is 0.888. The average Bonchev–Trinajstić information content (AvgIpc) is 2.69. The van der Waals surface area contributed by atoms with Crippen LogP contribution in [0.5, 0.6) is 0 Å². The third kappa shape index (κ3) is 2.24. The molecule has 0 radical (unpaired) electrons. The second kappa shape index (κ2) is 5.27. The standard InChI is InChI=1S/C15H23FN2/c1-4-12-9-8-10(2)18(12)14-7-5-6-13(16)15(14)11(3)17/h5-7,10-12H,4,8-9,17H2,1-3H3. The highest BCUT2D eigenvalue weighted by molar-refractivity contribution is 5.57. The van der Waals surface area contributed by atoms with Crippen LogP contribution in [0.15, 0.2) is 18.2 Å². The maximum atomic E-state index is 14.0. The van der Waals surface area contributed by atoms with E-state index in [1.54, 1.807) is 6.07 Å². The summed E-state index contributed by atoms with van der Waals surface area (Å²) in [5, 5.41) is 0. The maximum absolute atomic E-state index is 14.0. The second-order valence-corrected chi connectivity index (χ2v) is 5.36. The van der Waals surface area contributed by atoms with Gasteiger partial charge in [-0.1, -0.05) is 13.0 Å². The number of benzene rings is 1. The molecule has 1 fully saturated rings. The van der Waals surface area contributed by atoms with Crippen LogP contribution in [0.25, 0.3) is 0 Å². The molecule has 0 saturated carbocycles. The van der Waals surface area contributed by atoms with Gasteiger partial charge < -0.3 is 10.6 Å². The minimum Gasteiger partial charge on any atom is -0.365 e. The lowest BCUT2D eigenvalue weighted by molar-refractivity contribution is 0.579. The minimum absolute atomic E-state index is 0.184. The van der Waals surface area contributed by atoms with Gasteiger partial charge in [0.1, 0.15) is 5.82 Å². The molecule has 2 N–H and O–H groups in total. The molecule has 100 valence electrons. The molecule has 3 heteroatoms. The second-order valence-electron chi connectivity index (χ2n) is 5.36. The van der Waals surface area contributed by atoms with Crippen molar-refractivity contribution in [3.05, 3.63) is 29.6 Å². The Morgan fingerprint density at radius 3 is 2.78 bits per heavy atom. The summed E-state index contributed by atoms with van der Waals surface area (Å²) in [4.78, 5) is 2.36. The summed E-state index contributed by atoms with van der Waals surface area (Å²) in [6.07, 6.45) is 3.46. The average molecular weight is 250 g/mol. The fourth-order valence-electron chi connectivity index (χ4n) is 3.11. The van der Waals surface area contributed by atoms with Crippen molar-refractivity contribution in [2.45, 2.75) is 58.2 Å². The Kier molecular flexibility index (Phi) is 3.91. The van der Waals surface area contributed by atoms with Crippen LogP contribution in [-0.2, 0) is 0 Å². The predicted molar refractivity (Wildman–Crippen MR) is 74.3 cm³/mol. The molecule has 0 spiro atoms. The smallest absolute Gasteiger partial charge is 0.130 e. The van der Waals surface area contributed by atoms with Crippen molar-refractivity contribution in [1.82, 2.24) is 0 Å². The Morgan fingerprint density at radius 2 is 2.17 bits per heavy atom. The minimum atomic E-state index is -0.272. The van der Waals surface area contributed by atoms with E-state index in [9.17, 15) is 4.39 Å². The monoisotopic (exact) mass is 250 g/mol. The predicted octanol–water partition coefficient (Wildman–Crippen LogP) is 3.61. The molecule has 1 aromatic rings. The maximum Gasteiger partial charge on any atom is 0.130 e. The van der Waals surface area contributed by atoms with Crippen LogP contribution < -0.4 is 10.6 Å². The van der Waals surface area contributed by atoms with Gasteiger partial charge in [0.15, 0.2) is 0 Å². The fourth-order valence-corrected chi connectivity index (χ4v) is 3.11. The van der Waals surface area contributed by atoms with Crippen molar-refractivity contribution in [3.63, 3.8) is 0 Å². The van der Waals surface area contributed by atoms with Crippen molar-refractivity contribution in [2.24, 2.45) is 5.73 Å². The summed E-state index contributed by atoms with van der Waals surface area (Å²) < 4.78 is 14.0. The van der Waals surface area contributed by atoms with E-state index in [4.69, 9.17) is 5.73 Å². The zero-order chi connectivity index (χ0) is 13.3. The van der Waals surface area contributed by atoms with Crippen LogP contribution in [-0.4, -0.2) is 12.1 Å². The molecule has 1 saturated heterocycles. The molecule has 18 heavy (non-hydrogen) atoms. The van der Waals surface area contributed by atoms with Crippen LogP contribution in [0.3, 0.4) is 0 Å². The van der Waals surface area contributed by atoms with Crippen molar-refractivity contribution < 1.29 is 4.39 Å². The largest absolute Gasteiger partial charge is 0.365 e. The molecule has 3 unspecified atom stereocenters. The fraction of sp³-hybridized carbons (Fsp3) is 0.600. The summed E-state index contributed by atoms with van der Waals surface area (Å²) >= 11 is 0. The molecule has 1 aliphatic heterocycles. The summed E-state index contributed by atoms with van der Waals surface area (Å²) in [5.41, 5.74) is 7.59. The lowest BCUT2D eigenvalue weighted by Crippen LogP contribution is -2.35. The zero-order valence-electron chi connectivity index (χ0n) is 11.5. The molecule has 0 aliphatic carbocycles. The Hall–Kier alpha value is -1.09. The highest BCUT2D eigenvalue weighted by atomic mass is 19.1. The number of halogens is 1. The van der Waals surface area contributed by atoms with Crippen molar-refractivity contribution in [1.29, 1.82) is 0 Å². The normalized spacial score (nSPS) is 25.5. The van der Waals surface area contributed by atoms with E-state index in [1.807, 2.05) is 13.0 Å². The van der Waals surface area contributed by atoms with Crippen molar-refractivity contribution in [2.75, 3.05) is 4.90 Å². The van der Waals surface area contributed by atoms with Crippen LogP contribution in [0.2, 0.25) is 0 Å². The topological polar surface area (TPSA) is 29.3 Å². The first-order valence-corrected chi connectivity index (χ1v) is 6.88. The molecular weight excluding hydrogens is 227 g/mol. The van der Waals surface area contributed by atoms with Gasteiger partial charge in [0.25, 0.3) is 0 Å². The van der Waals surface area contributed by atoms with Crippen molar-refractivity contribution >= 4 is 5.69 Å². The Bertz CT molecular complexity index is 417. The van der Waals surface area contributed by atoms with E-state index in [2.05, 4.69) is 18.7 Å². The highest BCUT2D eigenvalue weighted by Gasteiger charge is 2.31. The van der Waals surface area contributed by atoms with Crippen LogP contribution in [0.4, 0.5) is 10.1 Å². The molecule has 0 amide bonds. The first-order valence-electron chi connectivity index (χ1n) is 6.88. The lowest BCUT2D eigenvalue weighted by atomic mass is 10.0. The van der Waals surface area contributed by atoms with Crippen LogP contribution in [0, 0.1) is 5.82 Å². The number of nitrogens with zero attached hydrogens (tertiary/aromatic N) is 1. The molecule has 1 heterocycles. The number of nitrogens with two attached hydrogens (primary N) is 1. The van der Waals surface area contributed by atoms with Gasteiger partial charge in [-0.05, 0) is 45.2 Å². The van der Waals surface area contributed by atoms with E-state index in [-0.39, 0.29) is 11.9 Å². The molecular formula is C15H23FN2. The molecule has 0 aromatic heterocycles. The van der Waals surface area contributed by atoms with E-state index < -0.39 is 0 Å². The van der Waals surface area contributed by atoms with E-state index in [0.717, 1.165) is 12.1 Å². The summed E-state index contributed by atoms with van der Waals surface area (Å²) in [5.74, 6) is -0.184. The molecule has 1 aliphatic rings. The Morgan fingerprint density at radius 1 is 1.44 bits per heavy atom. The summed E-state index contributed by atoms with van der Waals surface area (Å²) in [6, 6.07) is 6.00. The van der Waals surface area contributed by atoms with E-state index in [1.165, 1.54) is 18.9 Å². The van der Waals surface area contributed by atoms with Gasteiger partial charge in [-0.2, -0.15) is 0 Å². The van der Waals surface area contributed by atoms with Crippen LogP contribution >= 0.6 is 0 Å². The number of rotatable bonds is 3. The zero-order valence-corrected chi connectivity index (χ0v) is 11.5. The Balaban J connectivity index is 2.46. The number of hydrogen-bond acceptors (Lipinski definition) is 2. The number of anilines is 1. The SMILES string of the molecule is CCC1CCC(C)N1c1cccc(F)c1C(C)N. The molecule has 2 rings (SSSR count). The highest BCUT2D eigenvalue weighted by Crippen LogP contribution is 2.36. The molecule has 1 aromatic carbocycles. The van der Waals surface area contributed by atoms with Gasteiger partial charge >= 0.3 is 0 Å². The third-order valence-corrected chi connectivity index (χ3v) is 4.02. The summed E-state index contributed by atoms with van der Waals surface area (Å²) in [7, 11) is 0. The molecule has 0 bridgehead atoms. The first-order chi connectivity index (χ1) is 8.56. The Labute approximate surface area is 109 Å². The van der Waals surface area contributed by atoms with Gasteiger partial charge in [-0.15, -0.1) is 0 Å². The molecule has 3 atom stereocenters. The first kappa shape index (κ1) is 13.3. The van der Waals surface area contributed by atoms with E-state index in [0.29, 0.717) is 17.6 Å². The number of hydrogen-bond donors (Lipinski definition) is 1. The van der Waals surface area contributed by atoms with E-state index >= 15 is 0 Å². The van der Waals surface area contributed by atoms with Gasteiger partial charge in [0, 0.05) is 29.4 Å². The van der Waals surface area contributed by atoms with Gasteiger partial charge in [0.2, 0.25) is 0 Å². The van der Waals surface area contributed by atoms with Gasteiger partial charge in [0.05, 0.1) is 0 Å². The van der Waals surface area contributed by atoms with Gasteiger partial charge in [-0.25, -0.2) is 4.39 Å². The van der Waals surface area contributed by atoms with Gasteiger partial charge in [-0.3, -0.25) is 0 Å². The van der Waals surface area contributed by atoms with Crippen LogP contribution in [0.1, 0.15) is 51.6 Å². The summed E-state index contributed by atoms with van der Waals surface area (Å²) in [6.45, 7) is 6.26.